The molecule has 1 N–H and O–H groups in total. The van der Waals surface area contributed by atoms with Gasteiger partial charge in [-0.1, -0.05) is 18.2 Å². The van der Waals surface area contributed by atoms with Gasteiger partial charge in [0, 0.05) is 43.4 Å². The molecule has 3 atom stereocenters. The van der Waals surface area contributed by atoms with E-state index in [9.17, 15) is 19.5 Å². The highest BCUT2D eigenvalue weighted by atomic mass is 16.5. The summed E-state index contributed by atoms with van der Waals surface area (Å²) in [5.74, 6) is -0.0806. The Morgan fingerprint density at radius 2 is 1.87 bits per heavy atom. The van der Waals surface area contributed by atoms with E-state index in [0.29, 0.717) is 36.1 Å². The van der Waals surface area contributed by atoms with Crippen molar-refractivity contribution in [2.75, 3.05) is 20.2 Å². The molecule has 3 aromatic rings. The molecule has 1 saturated heterocycles. The van der Waals surface area contributed by atoms with Crippen molar-refractivity contribution in [3.63, 3.8) is 0 Å². The Morgan fingerprint density at radius 1 is 1.10 bits per heavy atom. The molecule has 2 aliphatic heterocycles. The first-order valence-corrected chi connectivity index (χ1v) is 13.3. The number of fused-ring (bicyclic) bond motifs is 4. The summed E-state index contributed by atoms with van der Waals surface area (Å²) in [5.41, 5.74) is 1.20. The second-order valence-electron chi connectivity index (χ2n) is 10.8. The van der Waals surface area contributed by atoms with E-state index in [-0.39, 0.29) is 29.8 Å². The fourth-order valence-corrected chi connectivity index (χ4v) is 5.88. The van der Waals surface area contributed by atoms with Crippen LogP contribution in [0, 0.1) is 5.92 Å². The fourth-order valence-electron chi connectivity index (χ4n) is 5.88. The number of hydrogen-bond donors (Lipinski definition) is 1. The summed E-state index contributed by atoms with van der Waals surface area (Å²) < 4.78 is 18.7. The highest BCUT2D eigenvalue weighted by Gasteiger charge is 2.35. The highest BCUT2D eigenvalue weighted by Crippen LogP contribution is 2.37. The fraction of sp³-hybridized carbons (Fsp3) is 0.433. The first-order valence-electron chi connectivity index (χ1n) is 13.3. The zero-order valence-corrected chi connectivity index (χ0v) is 22.5. The maximum atomic E-state index is 12.9. The number of ether oxygens (including phenoxy) is 2. The molecule has 9 heteroatoms. The summed E-state index contributed by atoms with van der Waals surface area (Å²) >= 11 is 0. The monoisotopic (exact) mass is 534 g/mol. The molecule has 0 aliphatic carbocycles. The predicted octanol–water partition coefficient (Wildman–Crippen LogP) is 3.61. The Kier molecular flexibility index (Phi) is 7.61. The van der Waals surface area contributed by atoms with E-state index >= 15 is 0 Å². The number of piperidine rings is 1. The lowest BCUT2D eigenvalue weighted by Crippen LogP contribution is -2.46. The summed E-state index contributed by atoms with van der Waals surface area (Å²) in [6, 6.07) is 13.9. The third kappa shape index (κ3) is 5.78. The van der Waals surface area contributed by atoms with Gasteiger partial charge in [-0.2, -0.15) is 0 Å². The average Bonchev–Trinajstić information content (AvgIpc) is 2.90. The molecule has 2 aliphatic rings. The Balaban J connectivity index is 1.43. The second kappa shape index (κ2) is 11.1. The van der Waals surface area contributed by atoms with Gasteiger partial charge in [-0.05, 0) is 49.9 Å². The molecule has 9 nitrogen and oxygen atoms in total. The van der Waals surface area contributed by atoms with E-state index in [1.165, 1.54) is 13.2 Å². The normalized spacial score (nSPS) is 19.4. The van der Waals surface area contributed by atoms with Gasteiger partial charge in [0.05, 0.1) is 32.1 Å². The quantitative estimate of drug-likeness (QED) is 0.437. The SMILES string of the molecule is COC(=O)C[C@H](c1ccc(OC(C)C)cc1)c1oc(CN2C[C@H]3C[C@@H](C2)c2cccc(=O)n2C3)cc(=O)c1O. The molecule has 1 aromatic carbocycles. The lowest BCUT2D eigenvalue weighted by molar-refractivity contribution is -0.140. The number of pyridine rings is 1. The lowest BCUT2D eigenvalue weighted by Gasteiger charge is -2.42. The molecular weight excluding hydrogens is 500 g/mol. The number of carbonyl (C=O) groups excluding carboxylic acids is 1. The minimum atomic E-state index is -0.724. The van der Waals surface area contributed by atoms with Crippen molar-refractivity contribution in [3.8, 4) is 11.5 Å². The van der Waals surface area contributed by atoms with E-state index in [1.54, 1.807) is 30.3 Å². The first kappa shape index (κ1) is 26.7. The van der Waals surface area contributed by atoms with Crippen molar-refractivity contribution in [2.24, 2.45) is 5.92 Å². The first-order chi connectivity index (χ1) is 18.7. The summed E-state index contributed by atoms with van der Waals surface area (Å²) in [6.45, 7) is 6.40. The molecule has 0 amide bonds. The molecule has 0 unspecified atom stereocenters. The van der Waals surface area contributed by atoms with Gasteiger partial charge in [0.1, 0.15) is 11.5 Å². The zero-order valence-electron chi connectivity index (χ0n) is 22.5. The van der Waals surface area contributed by atoms with Crippen molar-refractivity contribution >= 4 is 5.97 Å². The summed E-state index contributed by atoms with van der Waals surface area (Å²) in [6.07, 6.45) is 0.909. The van der Waals surface area contributed by atoms with Crippen LogP contribution in [-0.4, -0.2) is 46.8 Å². The van der Waals surface area contributed by atoms with Crippen molar-refractivity contribution < 1.29 is 23.8 Å². The molecule has 206 valence electrons. The number of rotatable bonds is 8. The third-order valence-corrected chi connectivity index (χ3v) is 7.50. The Labute approximate surface area is 226 Å². The van der Waals surface area contributed by atoms with Gasteiger partial charge >= 0.3 is 5.97 Å². The summed E-state index contributed by atoms with van der Waals surface area (Å²) in [4.78, 5) is 39.8. The molecule has 1 fully saturated rings. The molecule has 2 bridgehead atoms. The van der Waals surface area contributed by atoms with Crippen molar-refractivity contribution in [1.29, 1.82) is 0 Å². The summed E-state index contributed by atoms with van der Waals surface area (Å²) in [7, 11) is 1.30. The number of esters is 1. The number of hydrogen-bond acceptors (Lipinski definition) is 8. The Hall–Kier alpha value is -3.85. The van der Waals surface area contributed by atoms with Crippen LogP contribution in [0.3, 0.4) is 0 Å². The standard InChI is InChI=1S/C30H34N2O7/c1-18(2)38-22-9-7-20(8-10-22)24(13-28(35)37-3)30-29(36)26(33)12-23(39-30)17-31-14-19-11-21(16-31)25-5-4-6-27(34)32(25)15-19/h4-10,12,18-19,21,24,36H,11,13-17H2,1-3H3/t19-,21+,24-/m1/s1. The Bertz CT molecular complexity index is 1460. The Morgan fingerprint density at radius 3 is 2.59 bits per heavy atom. The second-order valence-corrected chi connectivity index (χ2v) is 10.8. The van der Waals surface area contributed by atoms with Gasteiger partial charge in [0.2, 0.25) is 11.2 Å². The van der Waals surface area contributed by atoms with Crippen LogP contribution in [0.4, 0.5) is 0 Å². The van der Waals surface area contributed by atoms with Gasteiger partial charge in [-0.25, -0.2) is 0 Å². The zero-order chi connectivity index (χ0) is 27.7. The van der Waals surface area contributed by atoms with Crippen LogP contribution in [0.1, 0.15) is 61.3 Å². The maximum Gasteiger partial charge on any atom is 0.306 e. The van der Waals surface area contributed by atoms with Crippen LogP contribution in [0.5, 0.6) is 11.5 Å². The van der Waals surface area contributed by atoms with Crippen LogP contribution in [0.15, 0.2) is 62.5 Å². The van der Waals surface area contributed by atoms with Gasteiger partial charge < -0.3 is 23.6 Å². The van der Waals surface area contributed by atoms with Crippen LogP contribution < -0.4 is 15.7 Å². The lowest BCUT2D eigenvalue weighted by atomic mass is 9.83. The van der Waals surface area contributed by atoms with E-state index in [2.05, 4.69) is 4.90 Å². The minimum absolute atomic E-state index is 0.00390. The molecule has 4 heterocycles. The van der Waals surface area contributed by atoms with Crippen LogP contribution in [-0.2, 0) is 22.6 Å². The molecule has 0 saturated carbocycles. The molecule has 0 radical (unpaired) electrons. The van der Waals surface area contributed by atoms with E-state index in [4.69, 9.17) is 13.9 Å². The number of nitrogens with zero attached hydrogens (tertiary/aromatic N) is 2. The molecular formula is C30H34N2O7. The van der Waals surface area contributed by atoms with E-state index < -0.39 is 23.1 Å². The van der Waals surface area contributed by atoms with E-state index in [1.807, 2.05) is 30.5 Å². The summed E-state index contributed by atoms with van der Waals surface area (Å²) in [5, 5.41) is 10.8. The topological polar surface area (TPSA) is 111 Å². The van der Waals surface area contributed by atoms with E-state index in [0.717, 1.165) is 25.2 Å². The van der Waals surface area contributed by atoms with Crippen molar-refractivity contribution in [1.82, 2.24) is 9.47 Å². The van der Waals surface area contributed by atoms with Crippen LogP contribution in [0.2, 0.25) is 0 Å². The van der Waals surface area contributed by atoms with Crippen LogP contribution >= 0.6 is 0 Å². The molecule has 0 spiro atoms. The molecule has 5 rings (SSSR count). The number of methoxy groups -OCH3 is 1. The van der Waals surface area contributed by atoms with Crippen molar-refractivity contribution in [2.45, 2.75) is 57.7 Å². The smallest absolute Gasteiger partial charge is 0.306 e. The third-order valence-electron chi connectivity index (χ3n) is 7.50. The number of benzene rings is 1. The number of aromatic hydroxyl groups is 1. The van der Waals surface area contributed by atoms with Gasteiger partial charge in [-0.15, -0.1) is 0 Å². The van der Waals surface area contributed by atoms with Gasteiger partial charge in [0.25, 0.3) is 5.56 Å². The number of aromatic nitrogens is 1. The van der Waals surface area contributed by atoms with Gasteiger partial charge in [0.15, 0.2) is 5.76 Å². The van der Waals surface area contributed by atoms with Gasteiger partial charge in [-0.3, -0.25) is 19.3 Å². The van der Waals surface area contributed by atoms with Crippen LogP contribution in [0.25, 0.3) is 0 Å². The highest BCUT2D eigenvalue weighted by molar-refractivity contribution is 5.71. The predicted molar refractivity (Wildman–Crippen MR) is 144 cm³/mol. The maximum absolute atomic E-state index is 12.9. The largest absolute Gasteiger partial charge is 0.502 e. The number of carbonyl (C=O) groups is 1. The number of likely N-dealkylation sites (tertiary alicyclic amines) is 1. The average molecular weight is 535 g/mol. The molecule has 2 aromatic heterocycles. The minimum Gasteiger partial charge on any atom is -0.502 e. The van der Waals surface area contributed by atoms with Crippen molar-refractivity contribution in [3.05, 3.63) is 91.9 Å². The molecule has 39 heavy (non-hydrogen) atoms.